The second-order valence-corrected chi connectivity index (χ2v) is 6.92. The molecular formula is C13H15FN4O2S. The number of sulfonamides is 1. The van der Waals surface area contributed by atoms with Crippen molar-refractivity contribution < 1.29 is 12.8 Å². The van der Waals surface area contributed by atoms with E-state index in [1.807, 2.05) is 0 Å². The summed E-state index contributed by atoms with van der Waals surface area (Å²) in [6, 6.07) is 5.91. The molecule has 0 unspecified atom stereocenters. The van der Waals surface area contributed by atoms with Crippen molar-refractivity contribution in [3.05, 3.63) is 42.5 Å². The highest BCUT2D eigenvalue weighted by molar-refractivity contribution is 7.89. The molecule has 8 heteroatoms. The highest BCUT2D eigenvalue weighted by Gasteiger charge is 2.32. The van der Waals surface area contributed by atoms with Crippen LogP contribution in [0.1, 0.15) is 6.42 Å². The fourth-order valence-corrected chi connectivity index (χ4v) is 3.78. The lowest BCUT2D eigenvalue weighted by atomic mass is 10.3. The number of nitrogens with two attached hydrogens (primary N) is 1. The smallest absolute Gasteiger partial charge is 0.246 e. The quantitative estimate of drug-likeness (QED) is 0.906. The fourth-order valence-electron chi connectivity index (χ4n) is 2.33. The SMILES string of the molecule is N[C@@H]1CCN(S(=O)(=O)c2cnn(-c3ccccc3F)c2)C1. The Bertz CT molecular complexity index is 759. The van der Waals surface area contributed by atoms with Gasteiger partial charge >= 0.3 is 0 Å². The lowest BCUT2D eigenvalue weighted by molar-refractivity contribution is 0.472. The maximum Gasteiger partial charge on any atom is 0.246 e. The van der Waals surface area contributed by atoms with Crippen molar-refractivity contribution in [1.29, 1.82) is 0 Å². The number of halogens is 1. The number of benzene rings is 1. The highest BCUT2D eigenvalue weighted by atomic mass is 32.2. The third-order valence-corrected chi connectivity index (χ3v) is 5.30. The molecule has 0 amide bonds. The number of aromatic nitrogens is 2. The summed E-state index contributed by atoms with van der Waals surface area (Å²) in [5.74, 6) is -0.465. The summed E-state index contributed by atoms with van der Waals surface area (Å²) in [6.07, 6.45) is 3.18. The molecule has 1 saturated heterocycles. The van der Waals surface area contributed by atoms with E-state index in [1.54, 1.807) is 12.1 Å². The first-order valence-electron chi connectivity index (χ1n) is 6.54. The van der Waals surface area contributed by atoms with Crippen LogP contribution < -0.4 is 5.73 Å². The van der Waals surface area contributed by atoms with Gasteiger partial charge in [0.2, 0.25) is 10.0 Å². The van der Waals surface area contributed by atoms with Crippen LogP contribution in [0.3, 0.4) is 0 Å². The molecule has 0 spiro atoms. The topological polar surface area (TPSA) is 81.2 Å². The Hall–Kier alpha value is -1.77. The van der Waals surface area contributed by atoms with Gasteiger partial charge < -0.3 is 5.73 Å². The molecule has 0 radical (unpaired) electrons. The molecule has 1 aliphatic rings. The summed E-state index contributed by atoms with van der Waals surface area (Å²) >= 11 is 0. The normalized spacial score (nSPS) is 20.0. The second kappa shape index (κ2) is 5.21. The van der Waals surface area contributed by atoms with Crippen molar-refractivity contribution >= 4 is 10.0 Å². The Labute approximate surface area is 122 Å². The summed E-state index contributed by atoms with van der Waals surface area (Å²) in [4.78, 5) is 0.0415. The van der Waals surface area contributed by atoms with Crippen LogP contribution in [0.5, 0.6) is 0 Å². The zero-order valence-corrected chi connectivity index (χ0v) is 12.0. The summed E-state index contributed by atoms with van der Waals surface area (Å²) in [5, 5.41) is 3.94. The van der Waals surface area contributed by atoms with Gasteiger partial charge in [-0.3, -0.25) is 0 Å². The van der Waals surface area contributed by atoms with Crippen LogP contribution >= 0.6 is 0 Å². The van der Waals surface area contributed by atoms with Crippen molar-refractivity contribution in [1.82, 2.24) is 14.1 Å². The van der Waals surface area contributed by atoms with Gasteiger partial charge in [-0.1, -0.05) is 12.1 Å². The molecule has 0 bridgehead atoms. The molecule has 21 heavy (non-hydrogen) atoms. The van der Waals surface area contributed by atoms with Crippen molar-refractivity contribution in [3.63, 3.8) is 0 Å². The minimum Gasteiger partial charge on any atom is -0.326 e. The van der Waals surface area contributed by atoms with E-state index in [0.717, 1.165) is 0 Å². The van der Waals surface area contributed by atoms with Crippen LogP contribution in [0.2, 0.25) is 0 Å². The molecule has 1 fully saturated rings. The summed E-state index contributed by atoms with van der Waals surface area (Å²) < 4.78 is 41.1. The molecule has 1 aromatic heterocycles. The van der Waals surface area contributed by atoms with Gasteiger partial charge in [-0.2, -0.15) is 9.40 Å². The number of hydrogen-bond acceptors (Lipinski definition) is 4. The van der Waals surface area contributed by atoms with Gasteiger partial charge in [0.05, 0.1) is 12.4 Å². The van der Waals surface area contributed by atoms with E-state index in [4.69, 9.17) is 5.73 Å². The van der Waals surface area contributed by atoms with Gasteiger partial charge in [0.25, 0.3) is 0 Å². The zero-order chi connectivity index (χ0) is 15.0. The molecule has 2 N–H and O–H groups in total. The van der Waals surface area contributed by atoms with E-state index in [0.29, 0.717) is 19.5 Å². The van der Waals surface area contributed by atoms with Gasteiger partial charge in [0, 0.05) is 19.1 Å². The predicted molar refractivity (Wildman–Crippen MR) is 74.9 cm³/mol. The predicted octanol–water partition coefficient (Wildman–Crippen LogP) is 0.733. The first-order valence-corrected chi connectivity index (χ1v) is 7.98. The van der Waals surface area contributed by atoms with E-state index < -0.39 is 15.8 Å². The Morgan fingerprint density at radius 2 is 2.10 bits per heavy atom. The van der Waals surface area contributed by atoms with Crippen LogP contribution in [0, 0.1) is 5.82 Å². The maximum atomic E-state index is 13.7. The van der Waals surface area contributed by atoms with Crippen molar-refractivity contribution in [2.24, 2.45) is 5.73 Å². The van der Waals surface area contributed by atoms with Crippen LogP contribution in [-0.2, 0) is 10.0 Å². The summed E-state index contributed by atoms with van der Waals surface area (Å²) in [6.45, 7) is 0.696. The Morgan fingerprint density at radius 1 is 1.33 bits per heavy atom. The third-order valence-electron chi connectivity index (χ3n) is 3.48. The minimum absolute atomic E-state index is 0.0415. The van der Waals surface area contributed by atoms with Crippen molar-refractivity contribution in [2.75, 3.05) is 13.1 Å². The Morgan fingerprint density at radius 3 is 2.76 bits per heavy atom. The Balaban J connectivity index is 1.93. The fraction of sp³-hybridized carbons (Fsp3) is 0.308. The van der Waals surface area contributed by atoms with Gasteiger partial charge in [-0.05, 0) is 18.6 Å². The van der Waals surface area contributed by atoms with Gasteiger partial charge in [-0.15, -0.1) is 0 Å². The van der Waals surface area contributed by atoms with E-state index in [-0.39, 0.29) is 16.6 Å². The van der Waals surface area contributed by atoms with Gasteiger partial charge in [0.1, 0.15) is 16.4 Å². The van der Waals surface area contributed by atoms with E-state index in [1.165, 1.54) is 33.5 Å². The van der Waals surface area contributed by atoms with Gasteiger partial charge in [0.15, 0.2) is 0 Å². The maximum absolute atomic E-state index is 13.7. The molecule has 2 aromatic rings. The van der Waals surface area contributed by atoms with Crippen LogP contribution in [0.15, 0.2) is 41.6 Å². The van der Waals surface area contributed by atoms with Crippen LogP contribution in [0.4, 0.5) is 4.39 Å². The molecule has 2 heterocycles. The third kappa shape index (κ3) is 2.57. The van der Waals surface area contributed by atoms with E-state index in [2.05, 4.69) is 5.10 Å². The number of rotatable bonds is 3. The molecule has 112 valence electrons. The molecule has 0 saturated carbocycles. The van der Waals surface area contributed by atoms with Crippen LogP contribution in [-0.4, -0.2) is 41.6 Å². The number of hydrogen-bond donors (Lipinski definition) is 1. The summed E-state index contributed by atoms with van der Waals surface area (Å²) in [7, 11) is -3.62. The van der Waals surface area contributed by atoms with Crippen molar-refractivity contribution in [2.45, 2.75) is 17.4 Å². The molecule has 1 aliphatic heterocycles. The molecule has 0 aliphatic carbocycles. The first-order chi connectivity index (χ1) is 9.98. The lowest BCUT2D eigenvalue weighted by Gasteiger charge is -2.14. The van der Waals surface area contributed by atoms with Crippen LogP contribution in [0.25, 0.3) is 5.69 Å². The van der Waals surface area contributed by atoms with Crippen molar-refractivity contribution in [3.8, 4) is 5.69 Å². The number of para-hydroxylation sites is 1. The minimum atomic E-state index is -3.62. The molecule has 1 aromatic carbocycles. The van der Waals surface area contributed by atoms with Gasteiger partial charge in [-0.25, -0.2) is 17.5 Å². The standard InChI is InChI=1S/C13H15FN4O2S/c14-12-3-1-2-4-13(12)18-9-11(7-16-18)21(19,20)17-6-5-10(15)8-17/h1-4,7,9-10H,5-6,8,15H2/t10-/m1/s1. The molecule has 1 atom stereocenters. The molecular weight excluding hydrogens is 295 g/mol. The monoisotopic (exact) mass is 310 g/mol. The second-order valence-electron chi connectivity index (χ2n) is 4.98. The lowest BCUT2D eigenvalue weighted by Crippen LogP contribution is -2.31. The number of nitrogens with zero attached hydrogens (tertiary/aromatic N) is 3. The van der Waals surface area contributed by atoms with E-state index in [9.17, 15) is 12.8 Å². The zero-order valence-electron chi connectivity index (χ0n) is 11.2. The summed E-state index contributed by atoms with van der Waals surface area (Å²) in [5.41, 5.74) is 5.95. The Kier molecular flexibility index (Phi) is 3.52. The van der Waals surface area contributed by atoms with E-state index >= 15 is 0 Å². The average molecular weight is 310 g/mol. The highest BCUT2D eigenvalue weighted by Crippen LogP contribution is 2.21. The largest absolute Gasteiger partial charge is 0.326 e. The first kappa shape index (κ1) is 14.2. The molecule has 6 nitrogen and oxygen atoms in total. The molecule has 3 rings (SSSR count). The average Bonchev–Trinajstić information content (AvgIpc) is 3.08.